The number of nitrogens with one attached hydrogen (secondary N) is 3. The Bertz CT molecular complexity index is 3050. The van der Waals surface area contributed by atoms with Gasteiger partial charge in [-0.15, -0.1) is 0 Å². The van der Waals surface area contributed by atoms with Crippen molar-refractivity contribution < 1.29 is 44.3 Å². The number of benzene rings is 3. The van der Waals surface area contributed by atoms with E-state index in [1.54, 1.807) is 6.07 Å². The first-order valence-corrected chi connectivity index (χ1v) is 21.4. The molecule has 3 aromatic carbocycles. The molecule has 0 radical (unpaired) electrons. The van der Waals surface area contributed by atoms with E-state index in [1.807, 2.05) is 20.8 Å². The number of aryl methyl sites for hydroxylation is 1. The van der Waals surface area contributed by atoms with Crippen molar-refractivity contribution >= 4 is 60.7 Å². The Labute approximate surface area is 359 Å². The molecule has 0 spiro atoms. The monoisotopic (exact) mass is 917 g/mol. The summed E-state index contributed by atoms with van der Waals surface area (Å²) in [5.41, 5.74) is -4.24. The lowest BCUT2D eigenvalue weighted by Crippen LogP contribution is -2.38. The molecule has 14 nitrogen and oxygen atoms in total. The number of aromatic nitrogens is 6. The molecule has 332 valence electrons. The normalized spacial score (nSPS) is 18.7. The Hall–Kier alpha value is -5.96. The highest BCUT2D eigenvalue weighted by Crippen LogP contribution is 2.76. The summed E-state index contributed by atoms with van der Waals surface area (Å²) in [7, 11) is -2.95. The van der Waals surface area contributed by atoms with Gasteiger partial charge in [-0.25, -0.2) is 31.0 Å². The van der Waals surface area contributed by atoms with Crippen LogP contribution in [-0.4, -0.2) is 55.1 Å². The molecule has 0 bridgehead atoms. The molecular formula is C41H38ClF6N9O5S. The number of hydrogen-bond donors (Lipinski definition) is 3. The van der Waals surface area contributed by atoms with Gasteiger partial charge in [-0.3, -0.25) is 33.7 Å². The van der Waals surface area contributed by atoms with Crippen molar-refractivity contribution in [3.63, 3.8) is 0 Å². The summed E-state index contributed by atoms with van der Waals surface area (Å²) in [5.74, 6) is -7.78. The lowest BCUT2D eigenvalue weighted by atomic mass is 10.0. The molecule has 2 aliphatic rings. The second-order valence-corrected chi connectivity index (χ2v) is 18.3. The molecule has 3 aromatic heterocycles. The number of rotatable bonds is 14. The molecule has 3 heterocycles. The quantitative estimate of drug-likeness (QED) is 0.0563. The fourth-order valence-corrected chi connectivity index (χ4v) is 8.96. The zero-order valence-corrected chi connectivity index (χ0v) is 35.6. The topological polar surface area (TPSA) is 179 Å². The molecule has 1 fully saturated rings. The average Bonchev–Trinajstić information content (AvgIpc) is 3.50. The van der Waals surface area contributed by atoms with Gasteiger partial charge in [0.1, 0.15) is 46.7 Å². The van der Waals surface area contributed by atoms with Crippen LogP contribution in [0.5, 0.6) is 5.75 Å². The Balaban J connectivity index is 1.34. The largest absolute Gasteiger partial charge is 0.490 e. The maximum Gasteiger partial charge on any atom is 0.295 e. The van der Waals surface area contributed by atoms with E-state index in [0.29, 0.717) is 16.5 Å². The van der Waals surface area contributed by atoms with E-state index in [9.17, 15) is 35.6 Å². The van der Waals surface area contributed by atoms with Crippen LogP contribution in [0.2, 0.25) is 5.02 Å². The van der Waals surface area contributed by atoms with Gasteiger partial charge in [0.15, 0.2) is 5.82 Å². The first kappa shape index (κ1) is 43.7. The fourth-order valence-electron chi connectivity index (χ4n) is 8.24. The van der Waals surface area contributed by atoms with Crippen molar-refractivity contribution in [1.82, 2.24) is 34.4 Å². The average molecular weight is 918 g/mol. The van der Waals surface area contributed by atoms with Crippen LogP contribution >= 0.6 is 11.6 Å². The maximum absolute atomic E-state index is 15.9. The third kappa shape index (κ3) is 7.47. The van der Waals surface area contributed by atoms with E-state index >= 15 is 8.78 Å². The van der Waals surface area contributed by atoms with E-state index in [2.05, 4.69) is 20.2 Å². The van der Waals surface area contributed by atoms with Crippen LogP contribution in [0.3, 0.4) is 0 Å². The molecule has 1 amide bonds. The Morgan fingerprint density at radius 3 is 2.43 bits per heavy atom. The lowest BCUT2D eigenvalue weighted by Gasteiger charge is -2.25. The lowest BCUT2D eigenvalue weighted by molar-refractivity contribution is -0.123. The second-order valence-electron chi connectivity index (χ2n) is 16.3. The van der Waals surface area contributed by atoms with E-state index in [1.165, 1.54) is 42.9 Å². The van der Waals surface area contributed by atoms with Crippen molar-refractivity contribution in [2.75, 3.05) is 4.72 Å². The standard InChI is InChI=1S/C41H38ClF6N9O5S/c1-18(2)19(3)62-23-6-7-24-27(14-23)51-38(57(39(24)59)29-9-8-26(42)32-34(29)55(5)53-37(32)54-63(60,61)17-49)28(12-20-10-21(43)13-22(44)11-20)50-30(58)16-56-35-31(33(52-56)36(45)46)25-15-40(25,4)41(35,47)48/h6-11,13-14,17-19,25,28,36,49H,12,15-16H2,1-5H3,(H,50,58)(H,53,54)/t19-,25?,28-,40-/m0/s1. The number of carbonyl (C=O) groups excluding carboxylic acids is 1. The van der Waals surface area contributed by atoms with Crippen molar-refractivity contribution in [2.45, 2.75) is 77.5 Å². The van der Waals surface area contributed by atoms with Gasteiger partial charge in [0, 0.05) is 42.5 Å². The van der Waals surface area contributed by atoms with Crippen molar-refractivity contribution in [3.8, 4) is 11.4 Å². The highest BCUT2D eigenvalue weighted by Gasteiger charge is 2.75. The summed E-state index contributed by atoms with van der Waals surface area (Å²) in [5, 5.41) is 18.0. The Morgan fingerprint density at radius 1 is 1.08 bits per heavy atom. The third-order valence-corrected chi connectivity index (χ3v) is 12.9. The van der Waals surface area contributed by atoms with Gasteiger partial charge in [-0.05, 0) is 61.2 Å². The number of sulfonamides is 1. The molecule has 4 atom stereocenters. The first-order chi connectivity index (χ1) is 29.5. The minimum Gasteiger partial charge on any atom is -0.490 e. The van der Waals surface area contributed by atoms with Crippen LogP contribution in [0.1, 0.15) is 80.8 Å². The molecule has 8 rings (SSSR count). The zero-order valence-electron chi connectivity index (χ0n) is 34.0. The molecule has 0 aliphatic heterocycles. The van der Waals surface area contributed by atoms with Gasteiger partial charge >= 0.3 is 0 Å². The van der Waals surface area contributed by atoms with Crippen molar-refractivity contribution in [1.29, 1.82) is 5.41 Å². The van der Waals surface area contributed by atoms with Crippen molar-refractivity contribution in [3.05, 3.63) is 104 Å². The van der Waals surface area contributed by atoms with Crippen LogP contribution in [-0.2, 0) is 40.8 Å². The summed E-state index contributed by atoms with van der Waals surface area (Å²) in [4.78, 5) is 34.0. The molecule has 0 saturated heterocycles. The second kappa shape index (κ2) is 15.4. The van der Waals surface area contributed by atoms with Crippen LogP contribution < -0.4 is 20.3 Å². The molecule has 6 aromatic rings. The summed E-state index contributed by atoms with van der Waals surface area (Å²) in [6.07, 6.45) is -4.05. The van der Waals surface area contributed by atoms with Crippen LogP contribution in [0.25, 0.3) is 27.5 Å². The number of amides is 1. The number of nitrogens with zero attached hydrogens (tertiary/aromatic N) is 6. The number of anilines is 1. The highest BCUT2D eigenvalue weighted by atomic mass is 35.5. The van der Waals surface area contributed by atoms with E-state index in [-0.39, 0.29) is 79.3 Å². The summed E-state index contributed by atoms with van der Waals surface area (Å²) < 4.78 is 126. The zero-order chi connectivity index (χ0) is 45.7. The molecule has 1 saturated carbocycles. The van der Waals surface area contributed by atoms with Crippen LogP contribution in [0.15, 0.2) is 53.3 Å². The minimum absolute atomic E-state index is 0.0149. The van der Waals surface area contributed by atoms with Gasteiger partial charge in [-0.1, -0.05) is 32.4 Å². The maximum atomic E-state index is 15.9. The third-order valence-electron chi connectivity index (χ3n) is 11.8. The summed E-state index contributed by atoms with van der Waals surface area (Å²) in [6, 6.07) is 8.19. The molecule has 2 aliphatic carbocycles. The van der Waals surface area contributed by atoms with E-state index in [0.717, 1.165) is 16.7 Å². The van der Waals surface area contributed by atoms with Crippen LogP contribution in [0, 0.1) is 28.4 Å². The van der Waals surface area contributed by atoms with Gasteiger partial charge < -0.3 is 10.1 Å². The number of halogens is 7. The number of carbonyl (C=O) groups is 1. The fraction of sp³-hybridized carbons (Fsp3) is 0.366. The molecule has 22 heteroatoms. The number of hydrogen-bond acceptors (Lipinski definition) is 9. The number of alkyl halides is 4. The Kier molecular flexibility index (Phi) is 10.7. The SMILES string of the molecule is CC(C)[C@H](C)Oc1ccc2c(=O)n(-c3ccc(Cl)c4c(NS(=O)(=O)C=N)nn(C)c34)c([C@H](Cc3cc(F)cc(F)c3)NC(=O)Cn3nc(C(F)F)c4c3C(F)(F)[C@@]3(C)CC43)nc2c1. The molecule has 1 unspecified atom stereocenters. The molecule has 3 N–H and O–H groups in total. The van der Waals surface area contributed by atoms with Crippen LogP contribution in [0.4, 0.5) is 32.2 Å². The number of ether oxygens (including phenoxy) is 1. The predicted octanol–water partition coefficient (Wildman–Crippen LogP) is 7.81. The van der Waals surface area contributed by atoms with Gasteiger partial charge in [0.2, 0.25) is 5.91 Å². The Morgan fingerprint density at radius 2 is 1.78 bits per heavy atom. The highest BCUT2D eigenvalue weighted by molar-refractivity contribution is 8.05. The summed E-state index contributed by atoms with van der Waals surface area (Å²) in [6.45, 7) is 5.98. The van der Waals surface area contributed by atoms with Gasteiger partial charge in [0.05, 0.1) is 44.7 Å². The van der Waals surface area contributed by atoms with Gasteiger partial charge in [-0.2, -0.15) is 19.0 Å². The smallest absolute Gasteiger partial charge is 0.295 e. The molecule has 63 heavy (non-hydrogen) atoms. The van der Waals surface area contributed by atoms with Crippen molar-refractivity contribution in [2.24, 2.45) is 18.4 Å². The van der Waals surface area contributed by atoms with E-state index < -0.39 is 87.2 Å². The van der Waals surface area contributed by atoms with E-state index in [4.69, 9.17) is 26.7 Å². The summed E-state index contributed by atoms with van der Waals surface area (Å²) >= 11 is 6.61. The predicted molar refractivity (Wildman–Crippen MR) is 220 cm³/mol. The number of fused-ring (bicyclic) bond motifs is 5. The van der Waals surface area contributed by atoms with Gasteiger partial charge in [0.25, 0.3) is 27.9 Å². The minimum atomic E-state index is -4.36. The first-order valence-electron chi connectivity index (χ1n) is 19.5. The molecular weight excluding hydrogens is 880 g/mol.